The Hall–Kier alpha value is -0.580. The van der Waals surface area contributed by atoms with Gasteiger partial charge in [0.25, 0.3) is 0 Å². The van der Waals surface area contributed by atoms with Gasteiger partial charge in [0.1, 0.15) is 0 Å². The van der Waals surface area contributed by atoms with Gasteiger partial charge in [0, 0.05) is 28.8 Å². The van der Waals surface area contributed by atoms with Crippen molar-refractivity contribution in [1.29, 1.82) is 0 Å². The van der Waals surface area contributed by atoms with Crippen LogP contribution in [0.4, 0.5) is 0 Å². The molecule has 2 atom stereocenters. The first-order chi connectivity index (χ1) is 10.2. The summed E-state index contributed by atoms with van der Waals surface area (Å²) in [6.07, 6.45) is 9.11. The summed E-state index contributed by atoms with van der Waals surface area (Å²) < 4.78 is 0. The molecule has 1 aromatic heterocycles. The van der Waals surface area contributed by atoms with Crippen LogP contribution in [0.15, 0.2) is 17.5 Å². The van der Waals surface area contributed by atoms with Gasteiger partial charge >= 0.3 is 0 Å². The molecule has 0 aliphatic heterocycles. The summed E-state index contributed by atoms with van der Waals surface area (Å²) in [6.45, 7) is 0.804. The average molecular weight is 343 g/mol. The van der Waals surface area contributed by atoms with E-state index >= 15 is 0 Å². The third kappa shape index (κ3) is 3.84. The Bertz CT molecular complexity index is 471. The van der Waals surface area contributed by atoms with E-state index in [9.17, 15) is 4.79 Å². The Morgan fingerprint density at radius 2 is 2.09 bits per heavy atom. The lowest BCUT2D eigenvalue weighted by Crippen LogP contribution is -2.43. The standard InChI is InChI=1S/C17H26N2OS.ClH/c18-14-7-6-13(11-14)16(20)19-12-17(8-2-1-3-9-17)15-5-4-10-21-15;/h4-5,10,13-14H,1-3,6-9,11-12,18H2,(H,19,20);1H. The molecule has 1 aromatic rings. The number of halogens is 1. The maximum Gasteiger partial charge on any atom is 0.223 e. The summed E-state index contributed by atoms with van der Waals surface area (Å²) in [5.41, 5.74) is 6.11. The van der Waals surface area contributed by atoms with E-state index in [0.717, 1.165) is 25.8 Å². The average Bonchev–Trinajstić information content (AvgIpc) is 3.17. The van der Waals surface area contributed by atoms with Crippen LogP contribution in [0.1, 0.15) is 56.2 Å². The van der Waals surface area contributed by atoms with Crippen molar-refractivity contribution in [2.24, 2.45) is 11.7 Å². The largest absolute Gasteiger partial charge is 0.355 e. The molecule has 0 aromatic carbocycles. The van der Waals surface area contributed by atoms with Gasteiger partial charge in [0.15, 0.2) is 0 Å². The van der Waals surface area contributed by atoms with Crippen molar-refractivity contribution >= 4 is 29.7 Å². The van der Waals surface area contributed by atoms with E-state index in [4.69, 9.17) is 5.73 Å². The molecule has 0 radical (unpaired) electrons. The highest BCUT2D eigenvalue weighted by molar-refractivity contribution is 7.10. The van der Waals surface area contributed by atoms with Crippen molar-refractivity contribution in [3.8, 4) is 0 Å². The summed E-state index contributed by atoms with van der Waals surface area (Å²) in [6, 6.07) is 4.60. The van der Waals surface area contributed by atoms with Gasteiger partial charge in [0.05, 0.1) is 0 Å². The summed E-state index contributed by atoms with van der Waals surface area (Å²) in [5, 5.41) is 5.41. The molecule has 1 heterocycles. The van der Waals surface area contributed by atoms with Crippen molar-refractivity contribution in [3.05, 3.63) is 22.4 Å². The van der Waals surface area contributed by atoms with E-state index in [1.165, 1.54) is 37.0 Å². The minimum atomic E-state index is 0. The number of rotatable bonds is 4. The maximum atomic E-state index is 12.4. The van der Waals surface area contributed by atoms with Crippen molar-refractivity contribution < 1.29 is 4.79 Å². The Kier molecular flexibility index (Phi) is 6.30. The van der Waals surface area contributed by atoms with Gasteiger partial charge < -0.3 is 11.1 Å². The zero-order chi connectivity index (χ0) is 14.7. The van der Waals surface area contributed by atoms with Gasteiger partial charge in [0.2, 0.25) is 5.91 Å². The van der Waals surface area contributed by atoms with E-state index in [2.05, 4.69) is 22.8 Å². The molecular formula is C17H27ClN2OS. The Morgan fingerprint density at radius 1 is 1.32 bits per heavy atom. The second-order valence-electron chi connectivity index (χ2n) is 6.81. The van der Waals surface area contributed by atoms with Crippen LogP contribution in [0.25, 0.3) is 0 Å². The van der Waals surface area contributed by atoms with Crippen LogP contribution in [-0.4, -0.2) is 18.5 Å². The van der Waals surface area contributed by atoms with E-state index in [0.29, 0.717) is 0 Å². The molecule has 2 unspecified atom stereocenters. The van der Waals surface area contributed by atoms with Crippen LogP contribution < -0.4 is 11.1 Å². The topological polar surface area (TPSA) is 55.1 Å². The van der Waals surface area contributed by atoms with Gasteiger partial charge in [-0.2, -0.15) is 0 Å². The first kappa shape index (κ1) is 17.8. The summed E-state index contributed by atoms with van der Waals surface area (Å²) in [4.78, 5) is 13.8. The zero-order valence-corrected chi connectivity index (χ0v) is 14.7. The highest BCUT2D eigenvalue weighted by Gasteiger charge is 2.36. The van der Waals surface area contributed by atoms with Crippen LogP contribution in [0.5, 0.6) is 0 Å². The number of carbonyl (C=O) groups is 1. The number of hydrogen-bond acceptors (Lipinski definition) is 3. The number of nitrogens with two attached hydrogens (primary N) is 1. The highest BCUT2D eigenvalue weighted by atomic mass is 35.5. The summed E-state index contributed by atoms with van der Waals surface area (Å²) in [7, 11) is 0. The molecule has 0 spiro atoms. The minimum Gasteiger partial charge on any atom is -0.355 e. The molecule has 2 aliphatic rings. The molecule has 0 saturated heterocycles. The van der Waals surface area contributed by atoms with Crippen LogP contribution in [-0.2, 0) is 10.2 Å². The lowest BCUT2D eigenvalue weighted by atomic mass is 9.73. The molecule has 3 N–H and O–H groups in total. The van der Waals surface area contributed by atoms with Gasteiger partial charge in [-0.15, -0.1) is 23.7 Å². The fraction of sp³-hybridized carbons (Fsp3) is 0.706. The molecule has 22 heavy (non-hydrogen) atoms. The Labute approximate surface area is 143 Å². The molecule has 2 aliphatic carbocycles. The Morgan fingerprint density at radius 3 is 2.68 bits per heavy atom. The van der Waals surface area contributed by atoms with Crippen molar-refractivity contribution in [2.75, 3.05) is 6.54 Å². The lowest BCUT2D eigenvalue weighted by Gasteiger charge is -2.37. The normalized spacial score (nSPS) is 27.1. The third-order valence-electron chi connectivity index (χ3n) is 5.30. The molecule has 0 bridgehead atoms. The van der Waals surface area contributed by atoms with E-state index in [1.54, 1.807) is 0 Å². The van der Waals surface area contributed by atoms with Gasteiger partial charge in [-0.05, 0) is 43.6 Å². The molecule has 3 rings (SSSR count). The summed E-state index contributed by atoms with van der Waals surface area (Å²) in [5.74, 6) is 0.369. The lowest BCUT2D eigenvalue weighted by molar-refractivity contribution is -0.125. The van der Waals surface area contributed by atoms with Gasteiger partial charge in [-0.1, -0.05) is 25.3 Å². The highest BCUT2D eigenvalue weighted by Crippen LogP contribution is 2.41. The fourth-order valence-corrected chi connectivity index (χ4v) is 4.96. The third-order valence-corrected chi connectivity index (χ3v) is 6.42. The van der Waals surface area contributed by atoms with Crippen LogP contribution >= 0.6 is 23.7 Å². The fourth-order valence-electron chi connectivity index (χ4n) is 3.97. The quantitative estimate of drug-likeness (QED) is 0.878. The number of thiophene rings is 1. The molecule has 5 heteroatoms. The minimum absolute atomic E-state index is 0. The predicted molar refractivity (Wildman–Crippen MR) is 94.7 cm³/mol. The monoisotopic (exact) mass is 342 g/mol. The van der Waals surface area contributed by atoms with E-state index in [-0.39, 0.29) is 35.7 Å². The zero-order valence-electron chi connectivity index (χ0n) is 13.1. The molecule has 2 saturated carbocycles. The predicted octanol–water partition coefficient (Wildman–Crippen LogP) is 3.62. The second kappa shape index (κ2) is 7.80. The van der Waals surface area contributed by atoms with E-state index in [1.807, 2.05) is 11.3 Å². The molecule has 124 valence electrons. The van der Waals surface area contributed by atoms with Crippen molar-refractivity contribution in [1.82, 2.24) is 5.32 Å². The summed E-state index contributed by atoms with van der Waals surface area (Å²) >= 11 is 1.84. The smallest absolute Gasteiger partial charge is 0.223 e. The van der Waals surface area contributed by atoms with Crippen LogP contribution in [0.2, 0.25) is 0 Å². The SMILES string of the molecule is Cl.NC1CCC(C(=O)NCC2(c3cccs3)CCCCC2)C1. The van der Waals surface area contributed by atoms with E-state index < -0.39 is 0 Å². The van der Waals surface area contributed by atoms with Crippen molar-refractivity contribution in [3.63, 3.8) is 0 Å². The first-order valence-corrected chi connectivity index (χ1v) is 9.15. The molecule has 3 nitrogen and oxygen atoms in total. The molecular weight excluding hydrogens is 316 g/mol. The Balaban J connectivity index is 0.00000176. The molecule has 2 fully saturated rings. The molecule has 1 amide bonds. The van der Waals surface area contributed by atoms with Crippen molar-refractivity contribution in [2.45, 2.75) is 62.8 Å². The van der Waals surface area contributed by atoms with Crippen LogP contribution in [0.3, 0.4) is 0 Å². The number of carbonyl (C=O) groups excluding carboxylic acids is 1. The van der Waals surface area contributed by atoms with Gasteiger partial charge in [-0.25, -0.2) is 0 Å². The second-order valence-corrected chi connectivity index (χ2v) is 7.75. The first-order valence-electron chi connectivity index (χ1n) is 8.27. The van der Waals surface area contributed by atoms with Gasteiger partial charge in [-0.3, -0.25) is 4.79 Å². The number of amides is 1. The maximum absolute atomic E-state index is 12.4. The van der Waals surface area contributed by atoms with Crippen LogP contribution in [0, 0.1) is 5.92 Å². The number of nitrogens with one attached hydrogen (secondary N) is 1. The number of hydrogen-bond donors (Lipinski definition) is 2.